The predicted octanol–water partition coefficient (Wildman–Crippen LogP) is 0.730. The van der Waals surface area contributed by atoms with Crippen molar-refractivity contribution in [2.24, 2.45) is 7.05 Å². The van der Waals surface area contributed by atoms with Crippen LogP contribution in [0.15, 0.2) is 12.5 Å². The molecule has 1 aliphatic heterocycles. The third-order valence-corrected chi connectivity index (χ3v) is 5.16. The van der Waals surface area contributed by atoms with Gasteiger partial charge in [0, 0.05) is 58.3 Å². The summed E-state index contributed by atoms with van der Waals surface area (Å²) in [6.45, 7) is 4.20. The molecule has 0 amide bonds. The van der Waals surface area contributed by atoms with Crippen LogP contribution in [0.5, 0.6) is 0 Å². The van der Waals surface area contributed by atoms with Crippen LogP contribution in [-0.2, 0) is 18.2 Å². The third kappa shape index (κ3) is 3.14. The van der Waals surface area contributed by atoms with E-state index in [9.17, 15) is 0 Å². The number of anilines is 2. The van der Waals surface area contributed by atoms with E-state index in [1.54, 1.807) is 18.1 Å². The Bertz CT molecular complexity index is 854. The van der Waals surface area contributed by atoms with Gasteiger partial charge in [-0.2, -0.15) is 9.47 Å². The lowest BCUT2D eigenvalue weighted by Crippen LogP contribution is -2.46. The van der Waals surface area contributed by atoms with Crippen molar-refractivity contribution in [3.8, 4) is 0 Å². The number of piperazine rings is 1. The van der Waals surface area contributed by atoms with Crippen LogP contribution in [0.4, 0.5) is 10.9 Å². The van der Waals surface area contributed by atoms with E-state index in [4.69, 9.17) is 4.74 Å². The molecule has 9 nitrogen and oxygen atoms in total. The molecule has 1 saturated heterocycles. The molecule has 25 heavy (non-hydrogen) atoms. The lowest BCUT2D eigenvalue weighted by molar-refractivity contribution is 0.201. The first-order chi connectivity index (χ1) is 12.3. The van der Waals surface area contributed by atoms with E-state index in [1.807, 2.05) is 13.2 Å². The molecule has 0 atom stereocenters. The molecule has 0 aromatic carbocycles. The van der Waals surface area contributed by atoms with E-state index >= 15 is 0 Å². The molecule has 0 aliphatic carbocycles. The second-order valence-electron chi connectivity index (χ2n) is 5.91. The van der Waals surface area contributed by atoms with E-state index in [2.05, 4.69) is 34.2 Å². The maximum absolute atomic E-state index is 5.09. The van der Waals surface area contributed by atoms with Crippen molar-refractivity contribution in [3.05, 3.63) is 18.3 Å². The standard InChI is InChI=1S/C15H20N8OS/c1-21-13-11(9-18-21)14(17-10-16-13)22-4-6-23(7-5-22)15-19-12(20-25-15)3-8-24-2/h9-10H,3-8H2,1-2H3. The highest BCUT2D eigenvalue weighted by Gasteiger charge is 2.23. The summed E-state index contributed by atoms with van der Waals surface area (Å²) in [6, 6.07) is 0. The monoisotopic (exact) mass is 360 g/mol. The molecule has 3 aromatic heterocycles. The average molecular weight is 360 g/mol. The molecular formula is C15H20N8OS. The lowest BCUT2D eigenvalue weighted by Gasteiger charge is -2.35. The Labute approximate surface area is 149 Å². The summed E-state index contributed by atoms with van der Waals surface area (Å²) < 4.78 is 11.3. The number of hydrogen-bond acceptors (Lipinski definition) is 9. The van der Waals surface area contributed by atoms with Gasteiger partial charge < -0.3 is 14.5 Å². The minimum atomic E-state index is 0.652. The van der Waals surface area contributed by atoms with E-state index in [-0.39, 0.29) is 0 Å². The van der Waals surface area contributed by atoms with Crippen molar-refractivity contribution in [2.45, 2.75) is 6.42 Å². The highest BCUT2D eigenvalue weighted by Crippen LogP contribution is 2.25. The predicted molar refractivity (Wildman–Crippen MR) is 96.2 cm³/mol. The summed E-state index contributed by atoms with van der Waals surface area (Å²) in [5.41, 5.74) is 0.860. The van der Waals surface area contributed by atoms with Crippen molar-refractivity contribution in [1.82, 2.24) is 29.1 Å². The van der Waals surface area contributed by atoms with Gasteiger partial charge in [-0.15, -0.1) is 0 Å². The Morgan fingerprint density at radius 2 is 1.96 bits per heavy atom. The summed E-state index contributed by atoms with van der Waals surface area (Å²) in [6.07, 6.45) is 4.20. The largest absolute Gasteiger partial charge is 0.384 e. The normalized spacial score (nSPS) is 15.3. The lowest BCUT2D eigenvalue weighted by atomic mass is 10.3. The number of aryl methyl sites for hydroxylation is 1. The van der Waals surface area contributed by atoms with Gasteiger partial charge in [0.2, 0.25) is 5.13 Å². The quantitative estimate of drug-likeness (QED) is 0.658. The van der Waals surface area contributed by atoms with Crippen LogP contribution in [0.2, 0.25) is 0 Å². The molecule has 4 rings (SSSR count). The summed E-state index contributed by atoms with van der Waals surface area (Å²) in [4.78, 5) is 18.0. The highest BCUT2D eigenvalue weighted by molar-refractivity contribution is 7.09. The van der Waals surface area contributed by atoms with Gasteiger partial charge in [-0.25, -0.2) is 15.0 Å². The number of hydrogen-bond donors (Lipinski definition) is 0. The number of ether oxygens (including phenoxy) is 1. The average Bonchev–Trinajstić information content (AvgIpc) is 3.27. The van der Waals surface area contributed by atoms with Crippen LogP contribution in [-0.4, -0.2) is 69.0 Å². The summed E-state index contributed by atoms with van der Waals surface area (Å²) in [7, 11) is 3.59. The van der Waals surface area contributed by atoms with Crippen LogP contribution in [0, 0.1) is 0 Å². The van der Waals surface area contributed by atoms with E-state index < -0.39 is 0 Å². The zero-order valence-electron chi connectivity index (χ0n) is 14.3. The van der Waals surface area contributed by atoms with Crippen LogP contribution < -0.4 is 9.80 Å². The Morgan fingerprint density at radius 1 is 1.16 bits per heavy atom. The maximum Gasteiger partial charge on any atom is 0.205 e. The van der Waals surface area contributed by atoms with Gasteiger partial charge in [0.1, 0.15) is 18.0 Å². The Kier molecular flexibility index (Phi) is 4.45. The second-order valence-corrected chi connectivity index (χ2v) is 6.64. The topological polar surface area (TPSA) is 85.1 Å². The van der Waals surface area contributed by atoms with Gasteiger partial charge in [0.15, 0.2) is 5.65 Å². The van der Waals surface area contributed by atoms with Crippen molar-refractivity contribution in [2.75, 3.05) is 49.7 Å². The first-order valence-corrected chi connectivity index (χ1v) is 8.97. The van der Waals surface area contributed by atoms with Crippen LogP contribution >= 0.6 is 11.5 Å². The zero-order chi connectivity index (χ0) is 17.2. The Hall–Kier alpha value is -2.33. The summed E-state index contributed by atoms with van der Waals surface area (Å²) in [5.74, 6) is 1.81. The fourth-order valence-corrected chi connectivity index (χ4v) is 3.74. The van der Waals surface area contributed by atoms with Gasteiger partial charge in [-0.1, -0.05) is 0 Å². The molecule has 1 fully saturated rings. The number of aromatic nitrogens is 6. The number of nitrogens with zero attached hydrogens (tertiary/aromatic N) is 8. The molecule has 0 bridgehead atoms. The van der Waals surface area contributed by atoms with Gasteiger partial charge in [-0.3, -0.25) is 4.68 Å². The molecule has 3 aromatic rings. The number of methoxy groups -OCH3 is 1. The molecule has 4 heterocycles. The molecule has 1 aliphatic rings. The first kappa shape index (κ1) is 16.2. The minimum absolute atomic E-state index is 0.652. The summed E-state index contributed by atoms with van der Waals surface area (Å²) >= 11 is 1.46. The van der Waals surface area contributed by atoms with Crippen LogP contribution in [0.1, 0.15) is 5.82 Å². The van der Waals surface area contributed by atoms with Gasteiger partial charge >= 0.3 is 0 Å². The number of rotatable bonds is 5. The van der Waals surface area contributed by atoms with Gasteiger partial charge in [0.05, 0.1) is 18.2 Å². The molecule has 0 spiro atoms. The van der Waals surface area contributed by atoms with Crippen molar-refractivity contribution in [3.63, 3.8) is 0 Å². The molecule has 0 unspecified atom stereocenters. The molecule has 10 heteroatoms. The molecule has 0 saturated carbocycles. The number of fused-ring (bicyclic) bond motifs is 1. The molecule has 0 radical (unpaired) electrons. The fraction of sp³-hybridized carbons (Fsp3) is 0.533. The maximum atomic E-state index is 5.09. The van der Waals surface area contributed by atoms with Crippen molar-refractivity contribution >= 4 is 33.5 Å². The van der Waals surface area contributed by atoms with E-state index in [0.29, 0.717) is 6.61 Å². The van der Waals surface area contributed by atoms with E-state index in [1.165, 1.54) is 11.5 Å². The summed E-state index contributed by atoms with van der Waals surface area (Å²) in [5, 5.41) is 6.27. The minimum Gasteiger partial charge on any atom is -0.384 e. The van der Waals surface area contributed by atoms with Crippen molar-refractivity contribution in [1.29, 1.82) is 0 Å². The fourth-order valence-electron chi connectivity index (χ4n) is 2.98. The van der Waals surface area contributed by atoms with Gasteiger partial charge in [0.25, 0.3) is 0 Å². The molecule has 132 valence electrons. The smallest absolute Gasteiger partial charge is 0.205 e. The SMILES string of the molecule is COCCc1nsc(N2CCN(c3ncnc4c3cnn4C)CC2)n1. The second kappa shape index (κ2) is 6.89. The van der Waals surface area contributed by atoms with Gasteiger partial charge in [-0.05, 0) is 0 Å². The van der Waals surface area contributed by atoms with E-state index in [0.717, 1.165) is 60.4 Å². The third-order valence-electron chi connectivity index (χ3n) is 4.35. The Balaban J connectivity index is 1.45. The van der Waals surface area contributed by atoms with Crippen molar-refractivity contribution < 1.29 is 4.74 Å². The first-order valence-electron chi connectivity index (χ1n) is 8.20. The highest BCUT2D eigenvalue weighted by atomic mass is 32.1. The Morgan fingerprint density at radius 3 is 2.76 bits per heavy atom. The zero-order valence-corrected chi connectivity index (χ0v) is 15.1. The van der Waals surface area contributed by atoms with Crippen LogP contribution in [0.25, 0.3) is 11.0 Å². The molecule has 0 N–H and O–H groups in total. The molecular weight excluding hydrogens is 340 g/mol. The van der Waals surface area contributed by atoms with Crippen LogP contribution in [0.3, 0.4) is 0 Å².